The van der Waals surface area contributed by atoms with Gasteiger partial charge in [0.15, 0.2) is 0 Å². The van der Waals surface area contributed by atoms with Gasteiger partial charge in [0.05, 0.1) is 11.3 Å². The van der Waals surface area contributed by atoms with Crippen LogP contribution < -0.4 is 5.32 Å². The first-order valence-corrected chi connectivity index (χ1v) is 6.73. The summed E-state index contributed by atoms with van der Waals surface area (Å²) in [5.41, 5.74) is 1.42. The van der Waals surface area contributed by atoms with E-state index >= 15 is 0 Å². The van der Waals surface area contributed by atoms with E-state index in [9.17, 15) is 9.59 Å². The van der Waals surface area contributed by atoms with Crippen molar-refractivity contribution in [3.05, 3.63) is 29.3 Å². The van der Waals surface area contributed by atoms with Gasteiger partial charge in [-0.25, -0.2) is 4.79 Å². The van der Waals surface area contributed by atoms with Crippen molar-refractivity contribution in [1.82, 2.24) is 0 Å². The molecule has 2 N–H and O–H groups in total. The number of aryl methyl sites for hydroxylation is 1. The third-order valence-electron chi connectivity index (χ3n) is 3.64. The molecule has 19 heavy (non-hydrogen) atoms. The number of hydrogen-bond donors (Lipinski definition) is 2. The lowest BCUT2D eigenvalue weighted by atomic mass is 9.88. The Hall–Kier alpha value is -1.84. The van der Waals surface area contributed by atoms with Gasteiger partial charge in [-0.1, -0.05) is 30.9 Å². The molecule has 0 bridgehead atoms. The number of carbonyl (C=O) groups excluding carboxylic acids is 1. The maximum absolute atomic E-state index is 12.1. The molecular weight excluding hydrogens is 242 g/mol. The van der Waals surface area contributed by atoms with Gasteiger partial charge in [0.1, 0.15) is 0 Å². The monoisotopic (exact) mass is 261 g/mol. The van der Waals surface area contributed by atoms with Crippen molar-refractivity contribution in [3.8, 4) is 0 Å². The van der Waals surface area contributed by atoms with Crippen LogP contribution in [0, 0.1) is 12.8 Å². The van der Waals surface area contributed by atoms with Crippen molar-refractivity contribution in [2.75, 3.05) is 5.32 Å². The van der Waals surface area contributed by atoms with Crippen molar-refractivity contribution in [3.63, 3.8) is 0 Å². The largest absolute Gasteiger partial charge is 0.478 e. The second-order valence-electron chi connectivity index (χ2n) is 5.18. The molecule has 1 aromatic carbocycles. The quantitative estimate of drug-likeness (QED) is 0.878. The van der Waals surface area contributed by atoms with Crippen LogP contribution in [0.2, 0.25) is 0 Å². The smallest absolute Gasteiger partial charge is 0.337 e. The SMILES string of the molecule is Cc1ccc(NC(=O)C2CCCCC2)c(C(=O)O)c1. The minimum absolute atomic E-state index is 0.0247. The molecule has 1 aromatic rings. The molecule has 1 fully saturated rings. The molecule has 0 heterocycles. The first kappa shape index (κ1) is 13.6. The maximum atomic E-state index is 12.1. The van der Waals surface area contributed by atoms with Crippen LogP contribution >= 0.6 is 0 Å². The fraction of sp³-hybridized carbons (Fsp3) is 0.467. The first-order valence-electron chi connectivity index (χ1n) is 6.73. The lowest BCUT2D eigenvalue weighted by Gasteiger charge is -2.21. The van der Waals surface area contributed by atoms with Crippen molar-refractivity contribution in [2.24, 2.45) is 5.92 Å². The summed E-state index contributed by atoms with van der Waals surface area (Å²) in [6.45, 7) is 1.83. The van der Waals surface area contributed by atoms with Gasteiger partial charge in [0, 0.05) is 5.92 Å². The molecule has 0 atom stereocenters. The second kappa shape index (κ2) is 5.87. The highest BCUT2D eigenvalue weighted by Gasteiger charge is 2.22. The molecule has 1 saturated carbocycles. The molecule has 1 aliphatic rings. The van der Waals surface area contributed by atoms with E-state index in [1.807, 2.05) is 13.0 Å². The number of rotatable bonds is 3. The zero-order chi connectivity index (χ0) is 13.8. The van der Waals surface area contributed by atoms with E-state index in [0.717, 1.165) is 31.2 Å². The molecule has 1 amide bonds. The molecule has 0 aliphatic heterocycles. The van der Waals surface area contributed by atoms with Gasteiger partial charge in [-0.15, -0.1) is 0 Å². The number of benzene rings is 1. The minimum Gasteiger partial charge on any atom is -0.478 e. The highest BCUT2D eigenvalue weighted by molar-refractivity contribution is 6.01. The number of carbonyl (C=O) groups is 2. The number of aromatic carboxylic acids is 1. The van der Waals surface area contributed by atoms with E-state index in [-0.39, 0.29) is 17.4 Å². The summed E-state index contributed by atoms with van der Waals surface area (Å²) in [4.78, 5) is 23.3. The topological polar surface area (TPSA) is 66.4 Å². The van der Waals surface area contributed by atoms with Crippen molar-refractivity contribution in [2.45, 2.75) is 39.0 Å². The van der Waals surface area contributed by atoms with Crippen LogP contribution in [0.5, 0.6) is 0 Å². The summed E-state index contributed by atoms with van der Waals surface area (Å²) in [5, 5.41) is 11.9. The Morgan fingerprint density at radius 2 is 1.89 bits per heavy atom. The summed E-state index contributed by atoms with van der Waals surface area (Å²) in [6, 6.07) is 5.06. The zero-order valence-corrected chi connectivity index (χ0v) is 11.1. The van der Waals surface area contributed by atoms with Gasteiger partial charge in [-0.2, -0.15) is 0 Å². The van der Waals surface area contributed by atoms with Crippen molar-refractivity contribution >= 4 is 17.6 Å². The Balaban J connectivity index is 2.13. The second-order valence-corrected chi connectivity index (χ2v) is 5.18. The molecule has 0 unspecified atom stereocenters. The van der Waals surface area contributed by atoms with Crippen molar-refractivity contribution < 1.29 is 14.7 Å². The number of nitrogens with one attached hydrogen (secondary N) is 1. The number of carboxylic acids is 1. The van der Waals surface area contributed by atoms with E-state index in [0.29, 0.717) is 5.69 Å². The predicted octanol–water partition coefficient (Wildman–Crippen LogP) is 3.21. The molecule has 4 heteroatoms. The number of amides is 1. The highest BCUT2D eigenvalue weighted by Crippen LogP contribution is 2.26. The van der Waals surface area contributed by atoms with Crippen LogP contribution in [-0.4, -0.2) is 17.0 Å². The van der Waals surface area contributed by atoms with E-state index < -0.39 is 5.97 Å². The summed E-state index contributed by atoms with van der Waals surface area (Å²) >= 11 is 0. The van der Waals surface area contributed by atoms with E-state index in [1.54, 1.807) is 12.1 Å². The number of carboxylic acid groups (broad SMARTS) is 1. The Kier molecular flexibility index (Phi) is 4.20. The number of anilines is 1. The summed E-state index contributed by atoms with van der Waals surface area (Å²) in [7, 11) is 0. The molecule has 1 aliphatic carbocycles. The van der Waals surface area contributed by atoms with Crippen LogP contribution in [-0.2, 0) is 4.79 Å². The Labute approximate surface area is 112 Å². The third kappa shape index (κ3) is 3.34. The lowest BCUT2D eigenvalue weighted by molar-refractivity contribution is -0.120. The van der Waals surface area contributed by atoms with Gasteiger partial charge < -0.3 is 10.4 Å². The Morgan fingerprint density at radius 3 is 2.53 bits per heavy atom. The normalized spacial score (nSPS) is 16.1. The molecule has 2 rings (SSSR count). The van der Waals surface area contributed by atoms with Crippen LogP contribution in [0.3, 0.4) is 0 Å². The molecule has 0 spiro atoms. The van der Waals surface area contributed by atoms with Crippen LogP contribution in [0.1, 0.15) is 48.0 Å². The van der Waals surface area contributed by atoms with E-state index in [4.69, 9.17) is 5.11 Å². The average Bonchev–Trinajstić information content (AvgIpc) is 2.41. The Bertz CT molecular complexity index is 490. The number of hydrogen-bond acceptors (Lipinski definition) is 2. The van der Waals surface area contributed by atoms with Crippen LogP contribution in [0.25, 0.3) is 0 Å². The third-order valence-corrected chi connectivity index (χ3v) is 3.64. The standard InChI is InChI=1S/C15H19NO3/c1-10-7-8-13(12(9-10)15(18)19)16-14(17)11-5-3-2-4-6-11/h7-9,11H,2-6H2,1H3,(H,16,17)(H,18,19). The minimum atomic E-state index is -1.01. The maximum Gasteiger partial charge on any atom is 0.337 e. The highest BCUT2D eigenvalue weighted by atomic mass is 16.4. The van der Waals surface area contributed by atoms with E-state index in [1.165, 1.54) is 6.42 Å². The molecule has 0 aromatic heterocycles. The van der Waals surface area contributed by atoms with Gasteiger partial charge in [0.25, 0.3) is 0 Å². The Morgan fingerprint density at radius 1 is 1.21 bits per heavy atom. The summed E-state index contributed by atoms with van der Waals surface area (Å²) in [5.74, 6) is -1.04. The van der Waals surface area contributed by atoms with Gasteiger partial charge in [0.2, 0.25) is 5.91 Å². The molecule has 102 valence electrons. The van der Waals surface area contributed by atoms with E-state index in [2.05, 4.69) is 5.32 Å². The van der Waals surface area contributed by atoms with Gasteiger partial charge >= 0.3 is 5.97 Å². The first-order chi connectivity index (χ1) is 9.08. The van der Waals surface area contributed by atoms with Gasteiger partial charge in [-0.05, 0) is 31.9 Å². The van der Waals surface area contributed by atoms with Crippen LogP contribution in [0.15, 0.2) is 18.2 Å². The molecular formula is C15H19NO3. The average molecular weight is 261 g/mol. The van der Waals surface area contributed by atoms with Crippen LogP contribution in [0.4, 0.5) is 5.69 Å². The summed E-state index contributed by atoms with van der Waals surface area (Å²) < 4.78 is 0. The van der Waals surface area contributed by atoms with Gasteiger partial charge in [-0.3, -0.25) is 4.79 Å². The molecule has 4 nitrogen and oxygen atoms in total. The molecule has 0 saturated heterocycles. The predicted molar refractivity (Wildman–Crippen MR) is 73.3 cm³/mol. The lowest BCUT2D eigenvalue weighted by Crippen LogP contribution is -2.25. The zero-order valence-electron chi connectivity index (χ0n) is 11.1. The summed E-state index contributed by atoms with van der Waals surface area (Å²) in [6.07, 6.45) is 5.16. The fourth-order valence-corrected chi connectivity index (χ4v) is 2.54. The molecule has 0 radical (unpaired) electrons. The van der Waals surface area contributed by atoms with Crippen molar-refractivity contribution in [1.29, 1.82) is 0 Å². The fourth-order valence-electron chi connectivity index (χ4n) is 2.54.